The highest BCUT2D eigenvalue weighted by molar-refractivity contribution is 7.89. The van der Waals surface area contributed by atoms with Crippen molar-refractivity contribution in [3.8, 4) is 0 Å². The monoisotopic (exact) mass is 336 g/mol. The quantitative estimate of drug-likeness (QED) is 0.808. The maximum Gasteiger partial charge on any atom is 0.240 e. The minimum atomic E-state index is -3.61. The molecule has 0 saturated heterocycles. The Balaban J connectivity index is 1.83. The van der Waals surface area contributed by atoms with Crippen LogP contribution in [-0.2, 0) is 21.4 Å². The van der Waals surface area contributed by atoms with Gasteiger partial charge in [-0.05, 0) is 31.5 Å². The number of hydrogen-bond acceptors (Lipinski definition) is 4. The summed E-state index contributed by atoms with van der Waals surface area (Å²) in [5.74, 6) is -0.227. The maximum atomic E-state index is 12.2. The molecule has 0 aliphatic carbocycles. The summed E-state index contributed by atoms with van der Waals surface area (Å²) in [6, 6.07) is 6.89. The fourth-order valence-corrected chi connectivity index (χ4v) is 3.42. The second-order valence-corrected chi connectivity index (χ2v) is 7.06. The van der Waals surface area contributed by atoms with E-state index in [0.29, 0.717) is 12.1 Å². The molecule has 1 heterocycles. The number of amides is 1. The number of hydrogen-bond donors (Lipinski definition) is 2. The van der Waals surface area contributed by atoms with E-state index < -0.39 is 10.0 Å². The second kappa shape index (κ2) is 7.43. The Morgan fingerprint density at radius 2 is 2.00 bits per heavy atom. The van der Waals surface area contributed by atoms with E-state index in [1.54, 1.807) is 31.4 Å². The standard InChI is InChI=1S/C16H20N2O4S/c1-12-3-4-15(13(2)9-12)23(20,21)18-7-5-16(19)17-10-14-6-8-22-11-14/h3-4,6,8-9,11,18H,5,7,10H2,1-2H3,(H,17,19). The normalized spacial score (nSPS) is 11.4. The molecule has 1 aromatic carbocycles. The summed E-state index contributed by atoms with van der Waals surface area (Å²) in [5, 5.41) is 2.70. The van der Waals surface area contributed by atoms with Gasteiger partial charge in [0, 0.05) is 25.1 Å². The van der Waals surface area contributed by atoms with E-state index in [0.717, 1.165) is 11.1 Å². The summed E-state index contributed by atoms with van der Waals surface area (Å²) in [7, 11) is -3.61. The molecule has 2 N–H and O–H groups in total. The molecule has 0 atom stereocenters. The lowest BCUT2D eigenvalue weighted by molar-refractivity contribution is -0.121. The van der Waals surface area contributed by atoms with Crippen LogP contribution in [0.15, 0.2) is 46.1 Å². The van der Waals surface area contributed by atoms with Gasteiger partial charge in [-0.3, -0.25) is 4.79 Å². The van der Waals surface area contributed by atoms with Crippen LogP contribution in [0.4, 0.5) is 0 Å². The fourth-order valence-electron chi connectivity index (χ4n) is 2.16. The first kappa shape index (κ1) is 17.2. The first-order valence-corrected chi connectivity index (χ1v) is 8.71. The van der Waals surface area contributed by atoms with Crippen LogP contribution in [0.25, 0.3) is 0 Å². The van der Waals surface area contributed by atoms with Gasteiger partial charge in [0.1, 0.15) is 0 Å². The van der Waals surface area contributed by atoms with Crippen LogP contribution in [0.1, 0.15) is 23.1 Å². The van der Waals surface area contributed by atoms with Gasteiger partial charge in [0.25, 0.3) is 0 Å². The Labute approximate surface area is 135 Å². The van der Waals surface area contributed by atoms with Crippen molar-refractivity contribution in [2.75, 3.05) is 6.54 Å². The summed E-state index contributed by atoms with van der Waals surface area (Å²) < 4.78 is 31.8. The average molecular weight is 336 g/mol. The molecule has 0 unspecified atom stereocenters. The predicted octanol–water partition coefficient (Wildman–Crippen LogP) is 1.88. The van der Waals surface area contributed by atoms with Crippen molar-refractivity contribution in [1.29, 1.82) is 0 Å². The molecule has 2 rings (SSSR count). The van der Waals surface area contributed by atoms with Crippen molar-refractivity contribution in [3.63, 3.8) is 0 Å². The summed E-state index contributed by atoms with van der Waals surface area (Å²) in [6.07, 6.45) is 3.14. The van der Waals surface area contributed by atoms with Crippen LogP contribution in [0, 0.1) is 13.8 Å². The Morgan fingerprint density at radius 3 is 2.65 bits per heavy atom. The van der Waals surface area contributed by atoms with Crippen molar-refractivity contribution in [3.05, 3.63) is 53.5 Å². The largest absolute Gasteiger partial charge is 0.472 e. The predicted molar refractivity (Wildman–Crippen MR) is 86.3 cm³/mol. The van der Waals surface area contributed by atoms with Crippen LogP contribution < -0.4 is 10.0 Å². The summed E-state index contributed by atoms with van der Waals surface area (Å²) in [5.41, 5.74) is 2.54. The lowest BCUT2D eigenvalue weighted by atomic mass is 10.2. The third-order valence-corrected chi connectivity index (χ3v) is 4.96. The molecule has 0 aliphatic heterocycles. The number of nitrogens with one attached hydrogen (secondary N) is 2. The highest BCUT2D eigenvalue weighted by atomic mass is 32.2. The molecule has 0 fully saturated rings. The van der Waals surface area contributed by atoms with Gasteiger partial charge < -0.3 is 9.73 Å². The van der Waals surface area contributed by atoms with E-state index >= 15 is 0 Å². The Morgan fingerprint density at radius 1 is 1.22 bits per heavy atom. The molecule has 0 radical (unpaired) electrons. The fraction of sp³-hybridized carbons (Fsp3) is 0.312. The first-order valence-electron chi connectivity index (χ1n) is 7.23. The molecule has 6 nitrogen and oxygen atoms in total. The van der Waals surface area contributed by atoms with Gasteiger partial charge in [0.15, 0.2) is 0 Å². The number of carbonyl (C=O) groups excluding carboxylic acids is 1. The van der Waals surface area contributed by atoms with Gasteiger partial charge in [-0.1, -0.05) is 17.7 Å². The molecule has 7 heteroatoms. The number of sulfonamides is 1. The molecule has 124 valence electrons. The van der Waals surface area contributed by atoms with Crippen LogP contribution in [0.5, 0.6) is 0 Å². The zero-order valence-corrected chi connectivity index (χ0v) is 13.9. The molecule has 0 spiro atoms. The van der Waals surface area contributed by atoms with Gasteiger partial charge in [-0.25, -0.2) is 13.1 Å². The highest BCUT2D eigenvalue weighted by Gasteiger charge is 2.16. The van der Waals surface area contributed by atoms with Crippen molar-refractivity contribution in [1.82, 2.24) is 10.0 Å². The maximum absolute atomic E-state index is 12.2. The minimum absolute atomic E-state index is 0.0485. The number of rotatable bonds is 7. The molecule has 1 amide bonds. The third-order valence-electron chi connectivity index (χ3n) is 3.33. The number of benzene rings is 1. The lowest BCUT2D eigenvalue weighted by Crippen LogP contribution is -2.30. The van der Waals surface area contributed by atoms with Crippen LogP contribution >= 0.6 is 0 Å². The molecule has 2 aromatic rings. The Bertz CT molecular complexity index is 767. The molecule has 0 aliphatic rings. The third kappa shape index (κ3) is 4.94. The second-order valence-electron chi connectivity index (χ2n) is 5.33. The molecule has 23 heavy (non-hydrogen) atoms. The van der Waals surface area contributed by atoms with E-state index in [1.165, 1.54) is 6.26 Å². The Hall–Kier alpha value is -2.12. The topological polar surface area (TPSA) is 88.4 Å². The molecular formula is C16H20N2O4S. The van der Waals surface area contributed by atoms with Crippen molar-refractivity contribution >= 4 is 15.9 Å². The van der Waals surface area contributed by atoms with Gasteiger partial charge in [0.2, 0.25) is 15.9 Å². The number of aryl methyl sites for hydroxylation is 2. The van der Waals surface area contributed by atoms with Crippen LogP contribution in [-0.4, -0.2) is 20.9 Å². The van der Waals surface area contributed by atoms with E-state index in [2.05, 4.69) is 10.0 Å². The average Bonchev–Trinajstić information content (AvgIpc) is 2.97. The summed E-state index contributed by atoms with van der Waals surface area (Å²) >= 11 is 0. The smallest absolute Gasteiger partial charge is 0.240 e. The Kier molecular flexibility index (Phi) is 5.57. The molecular weight excluding hydrogens is 316 g/mol. The highest BCUT2D eigenvalue weighted by Crippen LogP contribution is 2.16. The van der Waals surface area contributed by atoms with Crippen LogP contribution in [0.2, 0.25) is 0 Å². The van der Waals surface area contributed by atoms with Crippen LogP contribution in [0.3, 0.4) is 0 Å². The zero-order valence-electron chi connectivity index (χ0n) is 13.1. The van der Waals surface area contributed by atoms with Gasteiger partial charge in [0.05, 0.1) is 17.4 Å². The minimum Gasteiger partial charge on any atom is -0.472 e. The van der Waals surface area contributed by atoms with Crippen molar-refractivity contribution in [2.24, 2.45) is 0 Å². The van der Waals surface area contributed by atoms with Crippen molar-refractivity contribution in [2.45, 2.75) is 31.7 Å². The number of furan rings is 1. The van der Waals surface area contributed by atoms with E-state index in [4.69, 9.17) is 4.42 Å². The van der Waals surface area contributed by atoms with Gasteiger partial charge in [-0.2, -0.15) is 0 Å². The van der Waals surface area contributed by atoms with Crippen molar-refractivity contribution < 1.29 is 17.6 Å². The molecule has 1 aromatic heterocycles. The lowest BCUT2D eigenvalue weighted by Gasteiger charge is -2.10. The number of carbonyl (C=O) groups is 1. The first-order chi connectivity index (χ1) is 10.9. The molecule has 0 bridgehead atoms. The van der Waals surface area contributed by atoms with E-state index in [9.17, 15) is 13.2 Å². The SMILES string of the molecule is Cc1ccc(S(=O)(=O)NCCC(=O)NCc2ccoc2)c(C)c1. The molecule has 0 saturated carbocycles. The van der Waals surface area contributed by atoms with Gasteiger partial charge in [-0.15, -0.1) is 0 Å². The summed E-state index contributed by atoms with van der Waals surface area (Å²) in [6.45, 7) is 4.06. The van der Waals surface area contributed by atoms with E-state index in [-0.39, 0.29) is 23.8 Å². The van der Waals surface area contributed by atoms with E-state index in [1.807, 2.05) is 13.0 Å². The zero-order chi connectivity index (χ0) is 16.9. The summed E-state index contributed by atoms with van der Waals surface area (Å²) in [4.78, 5) is 11.9. The van der Waals surface area contributed by atoms with Gasteiger partial charge >= 0.3 is 0 Å².